The molecule has 144 valence electrons. The molecule has 1 aromatic rings. The van der Waals surface area contributed by atoms with Gasteiger partial charge in [0, 0.05) is 43.4 Å². The number of ether oxygens (including phenoxy) is 3. The summed E-state index contributed by atoms with van der Waals surface area (Å²) in [6.45, 7) is 3.75. The Kier molecular flexibility index (Phi) is 7.42. The first-order chi connectivity index (χ1) is 12.8. The molecule has 2 rings (SSSR count). The molecule has 1 aliphatic carbocycles. The third kappa shape index (κ3) is 6.78. The van der Waals surface area contributed by atoms with E-state index in [0.717, 1.165) is 12.8 Å². The Morgan fingerprint density at radius 3 is 1.89 bits per heavy atom. The second-order valence-corrected chi connectivity index (χ2v) is 6.53. The predicted molar refractivity (Wildman–Crippen MR) is 97.5 cm³/mol. The van der Waals surface area contributed by atoms with Crippen molar-refractivity contribution in [1.82, 2.24) is 0 Å². The van der Waals surface area contributed by atoms with Gasteiger partial charge in [0.05, 0.1) is 0 Å². The number of rotatable bonds is 5. The van der Waals surface area contributed by atoms with Gasteiger partial charge in [-0.2, -0.15) is 0 Å². The molecule has 0 saturated heterocycles. The quantitative estimate of drug-likeness (QED) is 0.448. The molecule has 1 fully saturated rings. The zero-order valence-corrected chi connectivity index (χ0v) is 15.9. The van der Waals surface area contributed by atoms with Crippen LogP contribution in [0.2, 0.25) is 0 Å². The normalized spacial score (nSPS) is 13.4. The molecule has 0 spiro atoms. The highest BCUT2D eigenvalue weighted by atomic mass is 16.6. The highest BCUT2D eigenvalue weighted by molar-refractivity contribution is 5.71. The van der Waals surface area contributed by atoms with E-state index >= 15 is 0 Å². The van der Waals surface area contributed by atoms with Crippen LogP contribution in [0.25, 0.3) is 0 Å². The van der Waals surface area contributed by atoms with Gasteiger partial charge in [0.2, 0.25) is 0 Å². The van der Waals surface area contributed by atoms with Crippen LogP contribution in [0.15, 0.2) is 12.1 Å². The number of carbonyl (C=O) groups excluding carboxylic acids is 3. The zero-order valence-electron chi connectivity index (χ0n) is 15.9. The summed E-state index contributed by atoms with van der Waals surface area (Å²) in [5.74, 6) is 5.61. The third-order valence-electron chi connectivity index (χ3n) is 4.13. The van der Waals surface area contributed by atoms with Gasteiger partial charge in [0.25, 0.3) is 0 Å². The molecule has 0 atom stereocenters. The van der Waals surface area contributed by atoms with Crippen molar-refractivity contribution in [3.8, 4) is 17.6 Å². The van der Waals surface area contributed by atoms with E-state index < -0.39 is 17.9 Å². The van der Waals surface area contributed by atoms with Crippen LogP contribution in [-0.2, 0) is 37.1 Å². The molecule has 1 saturated carbocycles. The van der Waals surface area contributed by atoms with Crippen LogP contribution in [0.1, 0.15) is 63.1 Å². The van der Waals surface area contributed by atoms with Crippen molar-refractivity contribution in [3.63, 3.8) is 0 Å². The van der Waals surface area contributed by atoms with Crippen LogP contribution in [-0.4, -0.2) is 17.9 Å². The molecular weight excluding hydrogens is 348 g/mol. The van der Waals surface area contributed by atoms with Gasteiger partial charge in [-0.1, -0.05) is 24.7 Å². The molecule has 0 N–H and O–H groups in total. The van der Waals surface area contributed by atoms with Gasteiger partial charge in [-0.05, 0) is 25.0 Å². The number of esters is 3. The molecule has 0 aliphatic heterocycles. The minimum atomic E-state index is -0.520. The summed E-state index contributed by atoms with van der Waals surface area (Å²) in [6, 6.07) is 3.47. The minimum absolute atomic E-state index is 0.0655. The van der Waals surface area contributed by atoms with Gasteiger partial charge < -0.3 is 14.2 Å². The Balaban J connectivity index is 2.41. The number of carbonyl (C=O) groups is 3. The van der Waals surface area contributed by atoms with E-state index in [0.29, 0.717) is 22.6 Å². The standard InChI is InChI=1S/C21H24O6/c1-14(22)25-12-19-10-18(9-8-17-6-4-5-7-17)11-20(13-26-15(2)23)21(19)27-16(3)24/h10-11,17H,4-7,12-13H2,1-3H3. The van der Waals surface area contributed by atoms with E-state index in [4.69, 9.17) is 14.2 Å². The van der Waals surface area contributed by atoms with Crippen LogP contribution in [0.4, 0.5) is 0 Å². The third-order valence-corrected chi connectivity index (χ3v) is 4.13. The van der Waals surface area contributed by atoms with Gasteiger partial charge >= 0.3 is 17.9 Å². The summed E-state index contributed by atoms with van der Waals surface area (Å²) in [5.41, 5.74) is 1.70. The first kappa shape index (κ1) is 20.5. The lowest BCUT2D eigenvalue weighted by molar-refractivity contribution is -0.142. The summed E-state index contributed by atoms with van der Waals surface area (Å²) in [5, 5.41) is 0. The van der Waals surface area contributed by atoms with Gasteiger partial charge in [0.15, 0.2) is 0 Å². The van der Waals surface area contributed by atoms with Crippen molar-refractivity contribution in [2.75, 3.05) is 0 Å². The van der Waals surface area contributed by atoms with Gasteiger partial charge in [-0.25, -0.2) is 0 Å². The lowest BCUT2D eigenvalue weighted by Gasteiger charge is -2.15. The Bertz CT molecular complexity index is 739. The Labute approximate surface area is 159 Å². The summed E-state index contributed by atoms with van der Waals surface area (Å²) in [7, 11) is 0. The van der Waals surface area contributed by atoms with Gasteiger partial charge in [-0.15, -0.1) is 0 Å². The maximum absolute atomic E-state index is 11.5. The van der Waals surface area contributed by atoms with Gasteiger partial charge in [-0.3, -0.25) is 14.4 Å². The molecule has 1 aliphatic rings. The van der Waals surface area contributed by atoms with E-state index in [9.17, 15) is 14.4 Å². The lowest BCUT2D eigenvalue weighted by Crippen LogP contribution is -2.11. The summed E-state index contributed by atoms with van der Waals surface area (Å²) in [4.78, 5) is 33.9. The number of benzene rings is 1. The summed E-state index contributed by atoms with van der Waals surface area (Å²) < 4.78 is 15.5. The maximum atomic E-state index is 11.5. The fourth-order valence-corrected chi connectivity index (χ4v) is 2.93. The van der Waals surface area contributed by atoms with Crippen LogP contribution in [0, 0.1) is 17.8 Å². The number of hydrogen-bond acceptors (Lipinski definition) is 6. The van der Waals surface area contributed by atoms with Crippen molar-refractivity contribution in [2.45, 2.75) is 59.7 Å². The van der Waals surface area contributed by atoms with Crippen LogP contribution < -0.4 is 4.74 Å². The fourth-order valence-electron chi connectivity index (χ4n) is 2.93. The van der Waals surface area contributed by atoms with Crippen molar-refractivity contribution in [2.24, 2.45) is 5.92 Å². The summed E-state index contributed by atoms with van der Waals surface area (Å²) >= 11 is 0. The second-order valence-electron chi connectivity index (χ2n) is 6.53. The molecular formula is C21H24O6. The van der Waals surface area contributed by atoms with Crippen molar-refractivity contribution < 1.29 is 28.6 Å². The molecule has 0 heterocycles. The van der Waals surface area contributed by atoms with Crippen molar-refractivity contribution in [1.29, 1.82) is 0 Å². The average molecular weight is 372 g/mol. The van der Waals surface area contributed by atoms with E-state index in [1.54, 1.807) is 12.1 Å². The van der Waals surface area contributed by atoms with E-state index in [2.05, 4.69) is 11.8 Å². The van der Waals surface area contributed by atoms with Crippen molar-refractivity contribution in [3.05, 3.63) is 28.8 Å². The average Bonchev–Trinajstić information content (AvgIpc) is 3.11. The van der Waals surface area contributed by atoms with Crippen molar-refractivity contribution >= 4 is 17.9 Å². The second kappa shape index (κ2) is 9.77. The SMILES string of the molecule is CC(=O)OCc1cc(C#CC2CCCC2)cc(COC(C)=O)c1OC(C)=O. The van der Waals surface area contributed by atoms with E-state index in [1.165, 1.54) is 33.6 Å². The topological polar surface area (TPSA) is 78.9 Å². The highest BCUT2D eigenvalue weighted by Crippen LogP contribution is 2.29. The molecule has 0 unspecified atom stereocenters. The smallest absolute Gasteiger partial charge is 0.308 e. The molecule has 0 aromatic heterocycles. The molecule has 0 radical (unpaired) electrons. The molecule has 6 nitrogen and oxygen atoms in total. The molecule has 27 heavy (non-hydrogen) atoms. The molecule has 0 amide bonds. The van der Waals surface area contributed by atoms with Crippen LogP contribution in [0.3, 0.4) is 0 Å². The maximum Gasteiger partial charge on any atom is 0.308 e. The van der Waals surface area contributed by atoms with Crippen LogP contribution in [0.5, 0.6) is 5.75 Å². The first-order valence-corrected chi connectivity index (χ1v) is 8.97. The van der Waals surface area contributed by atoms with E-state index in [-0.39, 0.29) is 19.0 Å². The van der Waals surface area contributed by atoms with Gasteiger partial charge in [0.1, 0.15) is 19.0 Å². The fraction of sp³-hybridized carbons (Fsp3) is 0.476. The Morgan fingerprint density at radius 1 is 0.926 bits per heavy atom. The predicted octanol–water partition coefficient (Wildman–Crippen LogP) is 3.28. The molecule has 0 bridgehead atoms. The Morgan fingerprint density at radius 2 is 1.44 bits per heavy atom. The molecule has 1 aromatic carbocycles. The Hall–Kier alpha value is -2.81. The molecule has 6 heteroatoms. The largest absolute Gasteiger partial charge is 0.461 e. The minimum Gasteiger partial charge on any atom is -0.461 e. The highest BCUT2D eigenvalue weighted by Gasteiger charge is 2.17. The summed E-state index contributed by atoms with van der Waals surface area (Å²) in [6.07, 6.45) is 4.58. The first-order valence-electron chi connectivity index (χ1n) is 8.97. The van der Waals surface area contributed by atoms with E-state index in [1.807, 2.05) is 0 Å². The van der Waals surface area contributed by atoms with Crippen LogP contribution >= 0.6 is 0 Å². The monoisotopic (exact) mass is 372 g/mol. The lowest BCUT2D eigenvalue weighted by atomic mass is 10.0. The number of hydrogen-bond donors (Lipinski definition) is 0. The zero-order chi connectivity index (χ0) is 19.8.